The van der Waals surface area contributed by atoms with Crippen LogP contribution in [0.2, 0.25) is 10.0 Å². The lowest BCUT2D eigenvalue weighted by atomic mass is 9.80. The van der Waals surface area contributed by atoms with Crippen LogP contribution in [-0.2, 0) is 11.3 Å². The quantitative estimate of drug-likeness (QED) is 0.926. The molecule has 5 heteroatoms. The minimum Gasteiger partial charge on any atom is -0.481 e. The van der Waals surface area contributed by atoms with Crippen LogP contribution < -0.4 is 0 Å². The van der Waals surface area contributed by atoms with E-state index in [1.54, 1.807) is 6.07 Å². The molecule has 2 rings (SSSR count). The second-order valence-corrected chi connectivity index (χ2v) is 6.14. The molecule has 1 fully saturated rings. The van der Waals surface area contributed by atoms with Crippen molar-refractivity contribution in [3.8, 4) is 0 Å². The van der Waals surface area contributed by atoms with Crippen molar-refractivity contribution in [2.45, 2.75) is 26.3 Å². The van der Waals surface area contributed by atoms with Gasteiger partial charge in [-0.2, -0.15) is 0 Å². The number of hydrogen-bond donors (Lipinski definition) is 1. The van der Waals surface area contributed by atoms with E-state index in [1.807, 2.05) is 19.1 Å². The molecule has 1 aromatic rings. The fraction of sp³-hybridized carbons (Fsp3) is 0.500. The van der Waals surface area contributed by atoms with Crippen LogP contribution in [0.4, 0.5) is 0 Å². The SMILES string of the molecule is CC1(C(=O)O)CCN(Cc2cccc(Cl)c2Cl)CC1. The van der Waals surface area contributed by atoms with Gasteiger partial charge in [0.1, 0.15) is 0 Å². The highest BCUT2D eigenvalue weighted by molar-refractivity contribution is 6.42. The van der Waals surface area contributed by atoms with Crippen molar-refractivity contribution < 1.29 is 9.90 Å². The van der Waals surface area contributed by atoms with E-state index in [0.29, 0.717) is 22.9 Å². The molecular formula is C14H17Cl2NO2. The first kappa shape index (κ1) is 14.6. The number of piperidine rings is 1. The Bertz CT molecular complexity index is 482. The van der Waals surface area contributed by atoms with E-state index in [4.69, 9.17) is 23.2 Å². The molecule has 0 aromatic heterocycles. The summed E-state index contributed by atoms with van der Waals surface area (Å²) in [7, 11) is 0. The van der Waals surface area contributed by atoms with Crippen LogP contribution >= 0.6 is 23.2 Å². The van der Waals surface area contributed by atoms with Gasteiger partial charge in [-0.15, -0.1) is 0 Å². The molecule has 0 aliphatic carbocycles. The molecule has 1 aliphatic heterocycles. The van der Waals surface area contributed by atoms with Crippen LogP contribution in [0.15, 0.2) is 18.2 Å². The van der Waals surface area contributed by atoms with Gasteiger partial charge in [0.15, 0.2) is 0 Å². The highest BCUT2D eigenvalue weighted by Crippen LogP contribution is 2.33. The van der Waals surface area contributed by atoms with Crippen molar-refractivity contribution in [3.63, 3.8) is 0 Å². The standard InChI is InChI=1S/C14H17Cl2NO2/c1-14(13(18)19)5-7-17(8-6-14)9-10-3-2-4-11(15)12(10)16/h2-4H,5-9H2,1H3,(H,18,19). The van der Waals surface area contributed by atoms with Gasteiger partial charge in [0.25, 0.3) is 0 Å². The Balaban J connectivity index is 2.00. The van der Waals surface area contributed by atoms with E-state index in [9.17, 15) is 9.90 Å². The van der Waals surface area contributed by atoms with Crippen LogP contribution in [0.25, 0.3) is 0 Å². The molecule has 3 nitrogen and oxygen atoms in total. The van der Waals surface area contributed by atoms with E-state index >= 15 is 0 Å². The van der Waals surface area contributed by atoms with E-state index in [0.717, 1.165) is 25.2 Å². The summed E-state index contributed by atoms with van der Waals surface area (Å²) >= 11 is 12.2. The number of aliphatic carboxylic acids is 1. The number of carboxylic acids is 1. The summed E-state index contributed by atoms with van der Waals surface area (Å²) in [4.78, 5) is 13.4. The number of carbonyl (C=O) groups is 1. The van der Waals surface area contributed by atoms with E-state index < -0.39 is 11.4 Å². The molecule has 104 valence electrons. The summed E-state index contributed by atoms with van der Waals surface area (Å²) in [6.45, 7) is 4.07. The number of hydrogen-bond acceptors (Lipinski definition) is 2. The molecule has 1 saturated heterocycles. The van der Waals surface area contributed by atoms with Crippen LogP contribution in [0.5, 0.6) is 0 Å². The molecule has 0 spiro atoms. The van der Waals surface area contributed by atoms with E-state index in [1.165, 1.54) is 0 Å². The van der Waals surface area contributed by atoms with Gasteiger partial charge < -0.3 is 5.11 Å². The summed E-state index contributed by atoms with van der Waals surface area (Å²) in [6, 6.07) is 5.61. The Kier molecular flexibility index (Phi) is 4.39. The normalized spacial score (nSPS) is 19.3. The first-order chi connectivity index (χ1) is 8.92. The van der Waals surface area contributed by atoms with Crippen molar-refractivity contribution in [2.24, 2.45) is 5.41 Å². The Labute approximate surface area is 123 Å². The predicted octanol–water partition coefficient (Wildman–Crippen LogP) is 3.68. The Hall–Kier alpha value is -0.770. The maximum atomic E-state index is 11.2. The lowest BCUT2D eigenvalue weighted by Gasteiger charge is -2.36. The number of nitrogens with zero attached hydrogens (tertiary/aromatic N) is 1. The predicted molar refractivity (Wildman–Crippen MR) is 76.7 cm³/mol. The third-order valence-corrected chi connectivity index (χ3v) is 4.76. The van der Waals surface area contributed by atoms with Crippen LogP contribution in [0.3, 0.4) is 0 Å². The molecular weight excluding hydrogens is 285 g/mol. The highest BCUT2D eigenvalue weighted by Gasteiger charge is 2.36. The number of carboxylic acid groups (broad SMARTS) is 1. The molecule has 0 unspecified atom stereocenters. The van der Waals surface area contributed by atoms with Crippen molar-refractivity contribution >= 4 is 29.2 Å². The number of rotatable bonds is 3. The molecule has 0 saturated carbocycles. The molecule has 1 heterocycles. The highest BCUT2D eigenvalue weighted by atomic mass is 35.5. The summed E-state index contributed by atoms with van der Waals surface area (Å²) in [5, 5.41) is 10.4. The minimum atomic E-state index is -0.701. The largest absolute Gasteiger partial charge is 0.481 e. The fourth-order valence-electron chi connectivity index (χ4n) is 2.33. The van der Waals surface area contributed by atoms with Gasteiger partial charge in [-0.25, -0.2) is 0 Å². The Morgan fingerprint density at radius 1 is 1.37 bits per heavy atom. The zero-order valence-corrected chi connectivity index (χ0v) is 12.3. The summed E-state index contributed by atoms with van der Waals surface area (Å²) < 4.78 is 0. The number of likely N-dealkylation sites (tertiary alicyclic amines) is 1. The van der Waals surface area contributed by atoms with Crippen LogP contribution in [0, 0.1) is 5.41 Å². The lowest BCUT2D eigenvalue weighted by molar-refractivity contribution is -0.150. The summed E-state index contributed by atoms with van der Waals surface area (Å²) in [6.07, 6.45) is 1.33. The molecule has 1 aliphatic rings. The average molecular weight is 302 g/mol. The number of benzene rings is 1. The second kappa shape index (κ2) is 5.70. The third-order valence-electron chi connectivity index (χ3n) is 3.90. The third kappa shape index (κ3) is 3.22. The van der Waals surface area contributed by atoms with Gasteiger partial charge in [0.2, 0.25) is 0 Å². The summed E-state index contributed by atoms with van der Waals surface area (Å²) in [5.41, 5.74) is 0.405. The van der Waals surface area contributed by atoms with Gasteiger partial charge in [0, 0.05) is 6.54 Å². The van der Waals surface area contributed by atoms with Crippen molar-refractivity contribution in [1.82, 2.24) is 4.90 Å². The first-order valence-electron chi connectivity index (χ1n) is 6.31. The maximum absolute atomic E-state index is 11.2. The second-order valence-electron chi connectivity index (χ2n) is 5.35. The molecule has 0 bridgehead atoms. The topological polar surface area (TPSA) is 40.5 Å². The first-order valence-corrected chi connectivity index (χ1v) is 7.06. The molecule has 19 heavy (non-hydrogen) atoms. The molecule has 1 N–H and O–H groups in total. The van der Waals surface area contributed by atoms with Gasteiger partial charge in [0.05, 0.1) is 15.5 Å². The van der Waals surface area contributed by atoms with Gasteiger partial charge in [-0.3, -0.25) is 9.69 Å². The average Bonchev–Trinajstić information content (AvgIpc) is 2.37. The molecule has 0 atom stereocenters. The van der Waals surface area contributed by atoms with Crippen molar-refractivity contribution in [1.29, 1.82) is 0 Å². The Morgan fingerprint density at radius 3 is 2.58 bits per heavy atom. The van der Waals surface area contributed by atoms with E-state index in [-0.39, 0.29) is 0 Å². The van der Waals surface area contributed by atoms with E-state index in [2.05, 4.69) is 4.90 Å². The van der Waals surface area contributed by atoms with Crippen LogP contribution in [-0.4, -0.2) is 29.1 Å². The lowest BCUT2D eigenvalue weighted by Crippen LogP contribution is -2.42. The fourth-order valence-corrected chi connectivity index (χ4v) is 2.71. The zero-order chi connectivity index (χ0) is 14.0. The monoisotopic (exact) mass is 301 g/mol. The van der Waals surface area contributed by atoms with Gasteiger partial charge in [-0.05, 0) is 44.5 Å². The smallest absolute Gasteiger partial charge is 0.309 e. The summed E-state index contributed by atoms with van der Waals surface area (Å²) in [5.74, 6) is -0.701. The zero-order valence-electron chi connectivity index (χ0n) is 10.8. The van der Waals surface area contributed by atoms with Crippen LogP contribution in [0.1, 0.15) is 25.3 Å². The van der Waals surface area contributed by atoms with Gasteiger partial charge >= 0.3 is 5.97 Å². The molecule has 0 radical (unpaired) electrons. The van der Waals surface area contributed by atoms with Crippen molar-refractivity contribution in [2.75, 3.05) is 13.1 Å². The minimum absolute atomic E-state index is 0.562. The van der Waals surface area contributed by atoms with Gasteiger partial charge in [-0.1, -0.05) is 35.3 Å². The van der Waals surface area contributed by atoms with Crippen molar-refractivity contribution in [3.05, 3.63) is 33.8 Å². The molecule has 1 aromatic carbocycles. The maximum Gasteiger partial charge on any atom is 0.309 e. The molecule has 0 amide bonds. The number of halogens is 2. The Morgan fingerprint density at radius 2 is 2.00 bits per heavy atom.